The highest BCUT2D eigenvalue weighted by molar-refractivity contribution is 5.85. The molecule has 3 aromatic heterocycles. The van der Waals surface area contributed by atoms with E-state index in [2.05, 4.69) is 71.1 Å². The second kappa shape index (κ2) is 30.0. The minimum absolute atomic E-state index is 0.0381. The first-order chi connectivity index (χ1) is 36.1. The summed E-state index contributed by atoms with van der Waals surface area (Å²) in [6, 6.07) is 21.3. The maximum absolute atomic E-state index is 12.6. The molecule has 0 radical (unpaired) electrons. The Balaban J connectivity index is 0.000000210. The summed E-state index contributed by atoms with van der Waals surface area (Å²) < 4.78 is 5.19. The average molecular weight is 1030 g/mol. The van der Waals surface area contributed by atoms with E-state index in [9.17, 15) is 28.8 Å². The summed E-state index contributed by atoms with van der Waals surface area (Å²) >= 11 is 0. The van der Waals surface area contributed by atoms with Crippen molar-refractivity contribution in [1.29, 1.82) is 0 Å². The number of aromatic nitrogens is 4. The van der Waals surface area contributed by atoms with Crippen LogP contribution in [-0.4, -0.2) is 116 Å². The fourth-order valence-corrected chi connectivity index (χ4v) is 7.54. The van der Waals surface area contributed by atoms with Gasteiger partial charge in [-0.2, -0.15) is 4.98 Å². The molecule has 5 heterocycles. The van der Waals surface area contributed by atoms with Gasteiger partial charge in [0.25, 0.3) is 5.91 Å². The summed E-state index contributed by atoms with van der Waals surface area (Å²) in [4.78, 5) is 93.3. The van der Waals surface area contributed by atoms with Crippen LogP contribution in [0.2, 0.25) is 0 Å². The minimum atomic E-state index is -0.419. The number of pyridine rings is 2. The standard InChI is InChI=1S/C22H30N4O2.C17H22N6O3.C13H19N5O3/c1-5-18-7-6-8-19(11-18)15-26(16(2)3)21(27)14-25-22(28)24-13-20-10-9-17(4)23-12-20;1-11-21-16(26-22-11)14-3-2-8-23(14)15(24)10-20-17(25)19-9-12-4-6-13(18)7-5-12;14-11-4-3-10(7-15-11)8-16-13(20)17-9-12(19)18-5-1-2-6-21-18/h6-12,16H,5,13-15H2,1-4H3,(H2,24,25,28);4-7,14H,2-3,8-10,18H2,1H3,(H2,19,20,25);3-4,7H,1-2,5-6,8-9H2,(H2,14,15)(H2,16,17,20). The molecule has 0 saturated carbocycles. The fourth-order valence-electron chi connectivity index (χ4n) is 7.54. The maximum atomic E-state index is 12.6. The number of likely N-dealkylation sites (tertiary alicyclic amines) is 1. The van der Waals surface area contributed by atoms with Crippen LogP contribution < -0.4 is 43.4 Å². The number of nitrogens with zero attached hydrogens (tertiary/aromatic N) is 7. The molecule has 2 aliphatic rings. The number of amides is 9. The molecule has 2 aliphatic heterocycles. The van der Waals surface area contributed by atoms with E-state index in [1.807, 2.05) is 57.2 Å². The van der Waals surface area contributed by atoms with Crippen LogP contribution in [-0.2, 0) is 51.8 Å². The van der Waals surface area contributed by atoms with Crippen molar-refractivity contribution in [2.75, 3.05) is 50.8 Å². The number of nitrogens with one attached hydrogen (secondary N) is 6. The van der Waals surface area contributed by atoms with Gasteiger partial charge in [0.2, 0.25) is 17.7 Å². The lowest BCUT2D eigenvalue weighted by atomic mass is 10.1. The molecule has 2 fully saturated rings. The smallest absolute Gasteiger partial charge is 0.315 e. The SMILES string of the molecule is CCc1cccc(CN(C(=O)CNC(=O)NCc2ccc(C)nc2)C(C)C)c1.Cc1noc(C2CCCN2C(=O)CNC(=O)NCc2ccc(N)cc2)n1.Nc1ccc(CNC(=O)NCC(=O)N2CCCCO2)cn1. The third kappa shape index (κ3) is 20.2. The number of carbonyl (C=O) groups excluding carboxylic acids is 6. The third-order valence-electron chi connectivity index (χ3n) is 11.7. The number of aryl methyl sites for hydroxylation is 3. The van der Waals surface area contributed by atoms with Crippen molar-refractivity contribution in [3.63, 3.8) is 0 Å². The van der Waals surface area contributed by atoms with Gasteiger partial charge in [0, 0.05) is 69.1 Å². The highest BCUT2D eigenvalue weighted by Gasteiger charge is 2.34. The number of nitrogens with two attached hydrogens (primary N) is 2. The van der Waals surface area contributed by atoms with Crippen LogP contribution in [0.1, 0.15) is 97.7 Å². The van der Waals surface area contributed by atoms with E-state index in [1.54, 1.807) is 53.4 Å². The number of hydrogen-bond acceptors (Lipinski definition) is 14. The van der Waals surface area contributed by atoms with Crippen LogP contribution >= 0.6 is 0 Å². The molecule has 0 bridgehead atoms. The molecule has 0 aliphatic carbocycles. The number of anilines is 2. The van der Waals surface area contributed by atoms with E-state index in [1.165, 1.54) is 10.6 Å². The Morgan fingerprint density at radius 1 is 0.693 bits per heavy atom. The predicted octanol–water partition coefficient (Wildman–Crippen LogP) is 4.33. The Bertz CT molecular complexity index is 2610. The number of hydroxylamine groups is 2. The minimum Gasteiger partial charge on any atom is -0.399 e. The van der Waals surface area contributed by atoms with Crippen LogP contribution in [0, 0.1) is 13.8 Å². The van der Waals surface area contributed by atoms with Gasteiger partial charge >= 0.3 is 18.1 Å². The third-order valence-corrected chi connectivity index (χ3v) is 11.7. The molecule has 402 valence electrons. The molecule has 23 nitrogen and oxygen atoms in total. The second-order valence-electron chi connectivity index (χ2n) is 18.0. The van der Waals surface area contributed by atoms with Gasteiger partial charge in [-0.05, 0) is 112 Å². The van der Waals surface area contributed by atoms with Gasteiger partial charge in [0.1, 0.15) is 18.4 Å². The average Bonchev–Trinajstić information content (AvgIpc) is 4.10. The predicted molar refractivity (Wildman–Crippen MR) is 280 cm³/mol. The molecule has 1 atom stereocenters. The van der Waals surface area contributed by atoms with Gasteiger partial charge in [-0.1, -0.05) is 60.6 Å². The first-order valence-electron chi connectivity index (χ1n) is 25.0. The van der Waals surface area contributed by atoms with E-state index in [4.69, 9.17) is 20.8 Å². The molecule has 75 heavy (non-hydrogen) atoms. The lowest BCUT2D eigenvalue weighted by molar-refractivity contribution is -0.195. The zero-order chi connectivity index (χ0) is 54.1. The van der Waals surface area contributed by atoms with Crippen molar-refractivity contribution < 1.29 is 38.1 Å². The van der Waals surface area contributed by atoms with Crippen LogP contribution in [0.4, 0.5) is 25.9 Å². The molecule has 1 unspecified atom stereocenters. The summed E-state index contributed by atoms with van der Waals surface area (Å²) in [6.07, 6.45) is 7.78. The zero-order valence-corrected chi connectivity index (χ0v) is 43.4. The van der Waals surface area contributed by atoms with E-state index < -0.39 is 12.1 Å². The Morgan fingerprint density at radius 3 is 1.88 bits per heavy atom. The highest BCUT2D eigenvalue weighted by Crippen LogP contribution is 2.30. The fraction of sp³-hybridized carbons (Fsp3) is 0.423. The Morgan fingerprint density at radius 2 is 1.31 bits per heavy atom. The van der Waals surface area contributed by atoms with Gasteiger partial charge in [0.15, 0.2) is 5.82 Å². The van der Waals surface area contributed by atoms with E-state index in [0.29, 0.717) is 69.1 Å². The monoisotopic (exact) mass is 1030 g/mol. The number of nitrogen functional groups attached to an aromatic ring is 2. The first-order valence-corrected chi connectivity index (χ1v) is 25.0. The normalized spacial score (nSPS) is 13.8. The Kier molecular flexibility index (Phi) is 23.0. The summed E-state index contributed by atoms with van der Waals surface area (Å²) in [5.41, 5.74) is 17.7. The van der Waals surface area contributed by atoms with Crippen molar-refractivity contribution in [3.8, 4) is 0 Å². The zero-order valence-electron chi connectivity index (χ0n) is 43.4. The summed E-state index contributed by atoms with van der Waals surface area (Å²) in [5, 5.41) is 20.9. The molecular weight excluding hydrogens is 963 g/mol. The lowest BCUT2D eigenvalue weighted by Gasteiger charge is -2.27. The van der Waals surface area contributed by atoms with E-state index >= 15 is 0 Å². The van der Waals surface area contributed by atoms with E-state index in [-0.39, 0.29) is 55.5 Å². The lowest BCUT2D eigenvalue weighted by Crippen LogP contribution is -2.45. The van der Waals surface area contributed by atoms with Gasteiger partial charge in [-0.3, -0.25) is 24.2 Å². The Hall–Kier alpha value is -8.34. The van der Waals surface area contributed by atoms with Crippen molar-refractivity contribution >= 4 is 47.3 Å². The van der Waals surface area contributed by atoms with Gasteiger partial charge in [-0.25, -0.2) is 24.4 Å². The largest absolute Gasteiger partial charge is 0.399 e. The van der Waals surface area contributed by atoms with Crippen molar-refractivity contribution in [2.24, 2.45) is 0 Å². The maximum Gasteiger partial charge on any atom is 0.315 e. The molecule has 9 amide bonds. The van der Waals surface area contributed by atoms with Crippen LogP contribution in [0.15, 0.2) is 89.7 Å². The number of urea groups is 3. The summed E-state index contributed by atoms with van der Waals surface area (Å²) in [7, 11) is 0. The van der Waals surface area contributed by atoms with Crippen LogP contribution in [0.5, 0.6) is 0 Å². The van der Waals surface area contributed by atoms with Gasteiger partial charge in [-0.15, -0.1) is 0 Å². The Labute approximate surface area is 437 Å². The number of rotatable bonds is 17. The highest BCUT2D eigenvalue weighted by atomic mass is 16.7. The topological polar surface area (TPSA) is 310 Å². The van der Waals surface area contributed by atoms with Gasteiger partial charge in [0.05, 0.1) is 19.7 Å². The van der Waals surface area contributed by atoms with Crippen molar-refractivity contribution in [2.45, 2.75) is 105 Å². The molecule has 0 spiro atoms. The van der Waals surface area contributed by atoms with Crippen LogP contribution in [0.3, 0.4) is 0 Å². The number of hydrogen-bond donors (Lipinski definition) is 8. The van der Waals surface area contributed by atoms with Crippen LogP contribution in [0.25, 0.3) is 0 Å². The second-order valence-corrected chi connectivity index (χ2v) is 18.0. The molecule has 23 heteroatoms. The number of carbonyl (C=O) groups is 6. The molecule has 7 rings (SSSR count). The van der Waals surface area contributed by atoms with Crippen molar-refractivity contribution in [1.82, 2.24) is 66.9 Å². The van der Waals surface area contributed by atoms with Gasteiger partial charge < -0.3 is 57.7 Å². The summed E-state index contributed by atoms with van der Waals surface area (Å²) in [5.74, 6) is 0.880. The van der Waals surface area contributed by atoms with E-state index in [0.717, 1.165) is 60.1 Å². The molecule has 5 aromatic rings. The van der Waals surface area contributed by atoms with Crippen molar-refractivity contribution in [3.05, 3.63) is 130 Å². The first kappa shape index (κ1) is 57.6. The molecule has 10 N–H and O–H groups in total. The molecule has 2 saturated heterocycles. The number of benzene rings is 2. The molecular formula is C52H71N15O8. The molecule has 2 aromatic carbocycles. The quantitative estimate of drug-likeness (QED) is 0.0602. The summed E-state index contributed by atoms with van der Waals surface area (Å²) in [6.45, 7) is 12.8.